The molecular formula is C19H18BrFN2O5. The minimum Gasteiger partial charge on any atom is -0.479 e. The van der Waals surface area contributed by atoms with Gasteiger partial charge in [-0.15, -0.1) is 0 Å². The van der Waals surface area contributed by atoms with Gasteiger partial charge in [-0.1, -0.05) is 28.1 Å². The summed E-state index contributed by atoms with van der Waals surface area (Å²) in [6.07, 6.45) is 0. The van der Waals surface area contributed by atoms with E-state index in [2.05, 4.69) is 21.2 Å². The summed E-state index contributed by atoms with van der Waals surface area (Å²) in [5.41, 5.74) is 2.42. The molecule has 0 spiro atoms. The molecule has 0 heterocycles. The number of hydrogen-bond donors (Lipinski definition) is 2. The molecule has 7 nitrogen and oxygen atoms in total. The zero-order valence-corrected chi connectivity index (χ0v) is 16.8. The molecule has 9 heteroatoms. The van der Waals surface area contributed by atoms with Gasteiger partial charge in [0.1, 0.15) is 0 Å². The third-order valence-corrected chi connectivity index (χ3v) is 4.20. The van der Waals surface area contributed by atoms with Crippen molar-refractivity contribution in [2.75, 3.05) is 18.5 Å². The van der Waals surface area contributed by atoms with E-state index >= 15 is 0 Å². The van der Waals surface area contributed by atoms with E-state index in [-0.39, 0.29) is 5.75 Å². The molecule has 0 saturated heterocycles. The lowest BCUT2D eigenvalue weighted by Gasteiger charge is -2.11. The summed E-state index contributed by atoms with van der Waals surface area (Å²) in [6, 6.07) is 8.69. The molecule has 2 rings (SSSR count). The van der Waals surface area contributed by atoms with E-state index in [4.69, 9.17) is 9.47 Å². The van der Waals surface area contributed by atoms with Gasteiger partial charge in [0.25, 0.3) is 5.91 Å². The van der Waals surface area contributed by atoms with Gasteiger partial charge >= 0.3 is 12.0 Å². The van der Waals surface area contributed by atoms with Crippen LogP contribution in [0.1, 0.15) is 11.1 Å². The summed E-state index contributed by atoms with van der Waals surface area (Å²) >= 11 is 3.10. The fourth-order valence-electron chi connectivity index (χ4n) is 2.12. The Morgan fingerprint density at radius 3 is 2.57 bits per heavy atom. The predicted molar refractivity (Wildman–Crippen MR) is 104 cm³/mol. The third-order valence-electron chi connectivity index (χ3n) is 3.71. The highest BCUT2D eigenvalue weighted by atomic mass is 79.9. The second kappa shape index (κ2) is 9.84. The zero-order chi connectivity index (χ0) is 20.7. The molecule has 0 aliphatic heterocycles. The van der Waals surface area contributed by atoms with Gasteiger partial charge in [-0.3, -0.25) is 10.1 Å². The Morgan fingerprint density at radius 1 is 1.11 bits per heavy atom. The van der Waals surface area contributed by atoms with Gasteiger partial charge in [0.15, 0.2) is 24.8 Å². The van der Waals surface area contributed by atoms with Crippen LogP contribution in [0.4, 0.5) is 14.9 Å². The van der Waals surface area contributed by atoms with Gasteiger partial charge in [0, 0.05) is 10.2 Å². The van der Waals surface area contributed by atoms with Crippen molar-refractivity contribution in [2.45, 2.75) is 13.8 Å². The number of urea groups is 1. The molecule has 0 unspecified atom stereocenters. The van der Waals surface area contributed by atoms with Crippen molar-refractivity contribution in [3.8, 4) is 5.75 Å². The number of imide groups is 1. The number of carbonyl (C=O) groups is 3. The van der Waals surface area contributed by atoms with Crippen molar-refractivity contribution < 1.29 is 28.2 Å². The molecule has 0 aromatic heterocycles. The highest BCUT2D eigenvalue weighted by molar-refractivity contribution is 9.10. The highest BCUT2D eigenvalue weighted by Crippen LogP contribution is 2.21. The Hall–Kier alpha value is -2.94. The topological polar surface area (TPSA) is 93.7 Å². The van der Waals surface area contributed by atoms with Crippen molar-refractivity contribution in [1.29, 1.82) is 0 Å². The summed E-state index contributed by atoms with van der Waals surface area (Å²) in [7, 11) is 0. The van der Waals surface area contributed by atoms with E-state index in [0.29, 0.717) is 10.2 Å². The van der Waals surface area contributed by atoms with Crippen LogP contribution < -0.4 is 15.4 Å². The Bertz CT molecular complexity index is 904. The fourth-order valence-corrected chi connectivity index (χ4v) is 2.45. The summed E-state index contributed by atoms with van der Waals surface area (Å²) < 4.78 is 23.8. The number of esters is 1. The first-order chi connectivity index (χ1) is 13.3. The smallest absolute Gasteiger partial charge is 0.344 e. The van der Waals surface area contributed by atoms with Crippen LogP contribution >= 0.6 is 15.9 Å². The highest BCUT2D eigenvalue weighted by Gasteiger charge is 2.13. The number of benzene rings is 2. The number of aryl methyl sites for hydroxylation is 1. The molecule has 0 saturated carbocycles. The Morgan fingerprint density at radius 2 is 1.86 bits per heavy atom. The van der Waals surface area contributed by atoms with Crippen molar-refractivity contribution in [3.63, 3.8) is 0 Å². The molecule has 0 fully saturated rings. The van der Waals surface area contributed by atoms with Gasteiger partial charge < -0.3 is 14.8 Å². The second-order valence-corrected chi connectivity index (χ2v) is 6.69. The third kappa shape index (κ3) is 6.34. The molecule has 2 aromatic rings. The number of carbonyl (C=O) groups excluding carboxylic acids is 3. The normalized spacial score (nSPS) is 10.1. The molecular weight excluding hydrogens is 435 g/mol. The van der Waals surface area contributed by atoms with Crippen LogP contribution in [-0.4, -0.2) is 31.1 Å². The van der Waals surface area contributed by atoms with Crippen LogP contribution in [0.2, 0.25) is 0 Å². The van der Waals surface area contributed by atoms with E-state index in [1.54, 1.807) is 18.2 Å². The maximum Gasteiger partial charge on any atom is 0.344 e. The van der Waals surface area contributed by atoms with E-state index in [0.717, 1.165) is 11.1 Å². The largest absolute Gasteiger partial charge is 0.479 e. The molecule has 2 aromatic carbocycles. The lowest BCUT2D eigenvalue weighted by atomic mass is 10.1. The first kappa shape index (κ1) is 21.4. The van der Waals surface area contributed by atoms with Crippen LogP contribution in [0.3, 0.4) is 0 Å². The number of ether oxygens (including phenoxy) is 2. The first-order valence-electron chi connectivity index (χ1n) is 8.17. The van der Waals surface area contributed by atoms with Crippen LogP contribution in [0.25, 0.3) is 0 Å². The number of nitrogens with one attached hydrogen (secondary N) is 2. The van der Waals surface area contributed by atoms with Gasteiger partial charge in [0.05, 0.1) is 0 Å². The Kier molecular flexibility index (Phi) is 7.51. The van der Waals surface area contributed by atoms with Gasteiger partial charge in [0.2, 0.25) is 0 Å². The molecule has 0 aliphatic rings. The SMILES string of the molecule is Cc1cccc(NC(=O)NC(=O)COC(=O)COc2ccc(Br)cc2F)c1C. The molecule has 148 valence electrons. The van der Waals surface area contributed by atoms with Crippen molar-refractivity contribution >= 4 is 39.5 Å². The predicted octanol–water partition coefficient (Wildman–Crippen LogP) is 3.48. The van der Waals surface area contributed by atoms with Crippen molar-refractivity contribution in [1.82, 2.24) is 5.32 Å². The van der Waals surface area contributed by atoms with E-state index < -0.39 is 36.9 Å². The number of rotatable bonds is 6. The molecule has 0 aliphatic carbocycles. The second-order valence-electron chi connectivity index (χ2n) is 5.77. The maximum atomic E-state index is 13.6. The van der Waals surface area contributed by atoms with E-state index in [1.807, 2.05) is 25.2 Å². The van der Waals surface area contributed by atoms with Crippen LogP contribution in [0, 0.1) is 19.7 Å². The number of anilines is 1. The Labute approximate surface area is 169 Å². The number of halogens is 2. The lowest BCUT2D eigenvalue weighted by Crippen LogP contribution is -2.37. The quantitative estimate of drug-likeness (QED) is 0.654. The minimum absolute atomic E-state index is 0.127. The van der Waals surface area contributed by atoms with E-state index in [9.17, 15) is 18.8 Å². The molecule has 2 N–H and O–H groups in total. The van der Waals surface area contributed by atoms with Crippen LogP contribution in [-0.2, 0) is 14.3 Å². The average molecular weight is 453 g/mol. The summed E-state index contributed by atoms with van der Waals surface area (Å²) in [6.45, 7) is 2.47. The standard InChI is InChI=1S/C19H18BrFN2O5/c1-11-4-3-5-15(12(11)2)22-19(26)23-17(24)9-28-18(25)10-27-16-7-6-13(20)8-14(16)21/h3-8H,9-10H2,1-2H3,(H2,22,23,24,26). The van der Waals surface area contributed by atoms with Crippen molar-refractivity contribution in [3.05, 3.63) is 57.8 Å². The van der Waals surface area contributed by atoms with Gasteiger partial charge in [-0.25, -0.2) is 14.0 Å². The summed E-state index contributed by atoms with van der Waals surface area (Å²) in [4.78, 5) is 35.2. The Balaban J connectivity index is 1.74. The lowest BCUT2D eigenvalue weighted by molar-refractivity contribution is -0.150. The summed E-state index contributed by atoms with van der Waals surface area (Å²) in [5, 5.41) is 4.59. The molecule has 3 amide bonds. The molecule has 0 atom stereocenters. The fraction of sp³-hybridized carbons (Fsp3) is 0.211. The molecule has 28 heavy (non-hydrogen) atoms. The monoisotopic (exact) mass is 452 g/mol. The maximum absolute atomic E-state index is 13.6. The first-order valence-corrected chi connectivity index (χ1v) is 8.96. The van der Waals surface area contributed by atoms with Gasteiger partial charge in [-0.05, 0) is 49.2 Å². The summed E-state index contributed by atoms with van der Waals surface area (Å²) in [5.74, 6) is -2.47. The van der Waals surface area contributed by atoms with Crippen LogP contribution in [0.5, 0.6) is 5.75 Å². The molecule has 0 radical (unpaired) electrons. The number of amides is 3. The van der Waals surface area contributed by atoms with Crippen LogP contribution in [0.15, 0.2) is 40.9 Å². The minimum atomic E-state index is -0.882. The molecule has 0 bridgehead atoms. The average Bonchev–Trinajstić information content (AvgIpc) is 2.63. The number of hydrogen-bond acceptors (Lipinski definition) is 5. The van der Waals surface area contributed by atoms with Crippen molar-refractivity contribution in [2.24, 2.45) is 0 Å². The van der Waals surface area contributed by atoms with Gasteiger partial charge in [-0.2, -0.15) is 0 Å². The zero-order valence-electron chi connectivity index (χ0n) is 15.2. The van der Waals surface area contributed by atoms with E-state index in [1.165, 1.54) is 12.1 Å².